The highest BCUT2D eigenvalue weighted by molar-refractivity contribution is 5.71. The Morgan fingerprint density at radius 3 is 1.03 bits per heavy atom. The molecule has 1 atom stereocenters. The Morgan fingerprint density at radius 2 is 0.641 bits per heavy atom. The quantitative estimate of drug-likeness (QED) is 0.0262. The van der Waals surface area contributed by atoms with Crippen molar-refractivity contribution in [2.75, 3.05) is 13.2 Å². The molecule has 0 spiro atoms. The summed E-state index contributed by atoms with van der Waals surface area (Å²) in [6.07, 6.45) is 67.1. The van der Waals surface area contributed by atoms with Crippen LogP contribution in [0.15, 0.2) is 85.1 Å². The van der Waals surface area contributed by atoms with Gasteiger partial charge in [0.2, 0.25) is 0 Å². The summed E-state index contributed by atoms with van der Waals surface area (Å²) in [7, 11) is 0. The van der Waals surface area contributed by atoms with E-state index in [1.54, 1.807) is 0 Å². The Kier molecular flexibility index (Phi) is 49.4. The molecular formula is C58H98O6. The van der Waals surface area contributed by atoms with Crippen molar-refractivity contribution in [3.63, 3.8) is 0 Å². The molecule has 0 saturated heterocycles. The van der Waals surface area contributed by atoms with E-state index in [4.69, 9.17) is 14.2 Å². The number of esters is 3. The molecule has 0 saturated carbocycles. The van der Waals surface area contributed by atoms with Gasteiger partial charge in [-0.25, -0.2) is 0 Å². The van der Waals surface area contributed by atoms with Crippen molar-refractivity contribution in [1.82, 2.24) is 0 Å². The minimum Gasteiger partial charge on any atom is -0.462 e. The predicted octanol–water partition coefficient (Wildman–Crippen LogP) is 17.6. The first kappa shape index (κ1) is 60.6. The smallest absolute Gasteiger partial charge is 0.306 e. The van der Waals surface area contributed by atoms with E-state index in [0.717, 1.165) is 122 Å². The van der Waals surface area contributed by atoms with Crippen LogP contribution in [0.5, 0.6) is 0 Å². The van der Waals surface area contributed by atoms with Crippen LogP contribution < -0.4 is 0 Å². The Morgan fingerprint density at radius 1 is 0.328 bits per heavy atom. The molecule has 0 aromatic heterocycles. The number of allylic oxidation sites excluding steroid dienone is 14. The lowest BCUT2D eigenvalue weighted by molar-refractivity contribution is -0.167. The normalized spacial score (nSPS) is 12.7. The minimum absolute atomic E-state index is 0.0919. The van der Waals surface area contributed by atoms with Gasteiger partial charge in [-0.05, 0) is 109 Å². The van der Waals surface area contributed by atoms with Gasteiger partial charge in [-0.3, -0.25) is 14.4 Å². The maximum Gasteiger partial charge on any atom is 0.306 e. The lowest BCUT2D eigenvalue weighted by atomic mass is 10.1. The largest absolute Gasteiger partial charge is 0.462 e. The third kappa shape index (κ3) is 49.6. The van der Waals surface area contributed by atoms with E-state index < -0.39 is 6.10 Å². The van der Waals surface area contributed by atoms with Gasteiger partial charge in [0.15, 0.2) is 6.10 Å². The van der Waals surface area contributed by atoms with Gasteiger partial charge in [0.25, 0.3) is 0 Å². The molecule has 0 aliphatic heterocycles. The predicted molar refractivity (Wildman–Crippen MR) is 274 cm³/mol. The van der Waals surface area contributed by atoms with Crippen molar-refractivity contribution in [2.45, 2.75) is 252 Å². The van der Waals surface area contributed by atoms with Gasteiger partial charge in [0.05, 0.1) is 0 Å². The molecule has 0 fully saturated rings. The number of carbonyl (C=O) groups is 3. The van der Waals surface area contributed by atoms with Crippen LogP contribution in [0.3, 0.4) is 0 Å². The highest BCUT2D eigenvalue weighted by atomic mass is 16.6. The highest BCUT2D eigenvalue weighted by Gasteiger charge is 2.19. The van der Waals surface area contributed by atoms with Crippen LogP contribution >= 0.6 is 0 Å². The molecule has 0 aromatic rings. The van der Waals surface area contributed by atoms with E-state index in [1.165, 1.54) is 83.5 Å². The molecule has 64 heavy (non-hydrogen) atoms. The van der Waals surface area contributed by atoms with Gasteiger partial charge in [-0.2, -0.15) is 0 Å². The van der Waals surface area contributed by atoms with Gasteiger partial charge < -0.3 is 14.2 Å². The molecule has 0 radical (unpaired) electrons. The second-order valence-corrected chi connectivity index (χ2v) is 17.4. The number of carbonyl (C=O) groups excluding carboxylic acids is 3. The molecule has 366 valence electrons. The number of hydrogen-bond donors (Lipinski definition) is 0. The topological polar surface area (TPSA) is 78.9 Å². The van der Waals surface area contributed by atoms with E-state index in [2.05, 4.69) is 106 Å². The molecule has 6 heteroatoms. The molecule has 0 aliphatic carbocycles. The maximum atomic E-state index is 12.8. The average Bonchev–Trinajstić information content (AvgIpc) is 3.29. The summed E-state index contributed by atoms with van der Waals surface area (Å²) in [6, 6.07) is 0. The fourth-order valence-electron chi connectivity index (χ4n) is 7.11. The van der Waals surface area contributed by atoms with Crippen LogP contribution in [0.1, 0.15) is 245 Å². The number of ether oxygens (including phenoxy) is 3. The number of unbranched alkanes of at least 4 members (excludes halogenated alkanes) is 22. The van der Waals surface area contributed by atoms with Gasteiger partial charge in [0, 0.05) is 19.3 Å². The first-order chi connectivity index (χ1) is 31.5. The zero-order valence-corrected chi connectivity index (χ0v) is 41.8. The lowest BCUT2D eigenvalue weighted by Crippen LogP contribution is -2.30. The molecule has 0 aliphatic rings. The summed E-state index contributed by atoms with van der Waals surface area (Å²) in [5, 5.41) is 0. The van der Waals surface area contributed by atoms with Gasteiger partial charge in [0.1, 0.15) is 13.2 Å². The molecule has 0 aromatic carbocycles. The van der Waals surface area contributed by atoms with Crippen LogP contribution in [-0.4, -0.2) is 37.2 Å². The van der Waals surface area contributed by atoms with Crippen LogP contribution in [0.2, 0.25) is 0 Å². The third-order valence-electron chi connectivity index (χ3n) is 11.1. The molecule has 6 nitrogen and oxygen atoms in total. The van der Waals surface area contributed by atoms with Crippen molar-refractivity contribution in [3.05, 3.63) is 85.1 Å². The zero-order valence-electron chi connectivity index (χ0n) is 41.8. The van der Waals surface area contributed by atoms with Crippen molar-refractivity contribution < 1.29 is 28.6 Å². The zero-order chi connectivity index (χ0) is 46.5. The molecule has 0 rings (SSSR count). The Hall–Kier alpha value is -3.41. The summed E-state index contributed by atoms with van der Waals surface area (Å²) in [6.45, 7) is 6.41. The molecule has 0 amide bonds. The number of hydrogen-bond acceptors (Lipinski definition) is 6. The SMILES string of the molecule is CC/C=C\C/C=C\C/C=C\C/C=C\CCCCCCC(=O)OC(COC(=O)CCCCCCC/C=C\CCC)COC(=O)CCCCCCCCCCC/C=C\C/C=C\CCCCC. The van der Waals surface area contributed by atoms with Crippen molar-refractivity contribution >= 4 is 17.9 Å². The molecule has 1 unspecified atom stereocenters. The monoisotopic (exact) mass is 891 g/mol. The van der Waals surface area contributed by atoms with Gasteiger partial charge in [-0.1, -0.05) is 202 Å². The molecule has 0 N–H and O–H groups in total. The Bertz CT molecular complexity index is 1250. The van der Waals surface area contributed by atoms with E-state index in [9.17, 15) is 14.4 Å². The molecule has 0 bridgehead atoms. The lowest BCUT2D eigenvalue weighted by Gasteiger charge is -2.18. The summed E-state index contributed by atoms with van der Waals surface area (Å²) < 4.78 is 16.8. The van der Waals surface area contributed by atoms with E-state index in [0.29, 0.717) is 19.3 Å². The van der Waals surface area contributed by atoms with Crippen molar-refractivity contribution in [2.24, 2.45) is 0 Å². The first-order valence-corrected chi connectivity index (χ1v) is 26.6. The average molecular weight is 891 g/mol. The van der Waals surface area contributed by atoms with Gasteiger partial charge in [-0.15, -0.1) is 0 Å². The van der Waals surface area contributed by atoms with Gasteiger partial charge >= 0.3 is 17.9 Å². The second kappa shape index (κ2) is 52.2. The summed E-state index contributed by atoms with van der Waals surface area (Å²) in [4.78, 5) is 38.0. The fourth-order valence-corrected chi connectivity index (χ4v) is 7.11. The summed E-state index contributed by atoms with van der Waals surface area (Å²) >= 11 is 0. The maximum absolute atomic E-state index is 12.8. The Labute approximate surface area is 395 Å². The molecule has 0 heterocycles. The van der Waals surface area contributed by atoms with Crippen LogP contribution in [0, 0.1) is 0 Å². The van der Waals surface area contributed by atoms with Crippen LogP contribution in [-0.2, 0) is 28.6 Å². The standard InChI is InChI=1S/C58H98O6/c1-4-7-10-13-16-19-22-24-26-28-29-31-32-34-36-39-42-45-48-51-57(60)63-54-55(53-62-56(59)50-47-44-41-38-21-18-15-12-9-6-3)64-58(61)52-49-46-43-40-37-35-33-30-27-25-23-20-17-14-11-8-5-2/h8,11-12,15-17,19-20,24-27,33,35,55H,4-7,9-10,13-14,18,21-23,28-32,34,36-54H2,1-3H3/b11-8-,15-12-,19-16-,20-17-,26-24-,27-25-,35-33-. The molecular weight excluding hydrogens is 793 g/mol. The van der Waals surface area contributed by atoms with Crippen molar-refractivity contribution in [1.29, 1.82) is 0 Å². The van der Waals surface area contributed by atoms with Crippen LogP contribution in [0.25, 0.3) is 0 Å². The Balaban J connectivity index is 4.38. The van der Waals surface area contributed by atoms with E-state index >= 15 is 0 Å². The van der Waals surface area contributed by atoms with E-state index in [1.807, 2.05) is 0 Å². The summed E-state index contributed by atoms with van der Waals surface area (Å²) in [5.41, 5.74) is 0. The minimum atomic E-state index is -0.794. The number of rotatable bonds is 47. The highest BCUT2D eigenvalue weighted by Crippen LogP contribution is 2.14. The second-order valence-electron chi connectivity index (χ2n) is 17.4. The fraction of sp³-hybridized carbons (Fsp3) is 0.707. The van der Waals surface area contributed by atoms with E-state index in [-0.39, 0.29) is 31.1 Å². The van der Waals surface area contributed by atoms with Crippen molar-refractivity contribution in [3.8, 4) is 0 Å². The third-order valence-corrected chi connectivity index (χ3v) is 11.1. The first-order valence-electron chi connectivity index (χ1n) is 26.6. The van der Waals surface area contributed by atoms with Crippen LogP contribution in [0.4, 0.5) is 0 Å². The summed E-state index contributed by atoms with van der Waals surface area (Å²) in [5.74, 6) is -0.931.